The Morgan fingerprint density at radius 2 is 2.10 bits per heavy atom. The summed E-state index contributed by atoms with van der Waals surface area (Å²) in [5, 5.41) is 1.03. The van der Waals surface area contributed by atoms with E-state index < -0.39 is 5.41 Å². The average molecular weight is 351 g/mol. The molecule has 0 atom stereocenters. The second-order valence-corrected chi connectivity index (χ2v) is 6.55. The van der Waals surface area contributed by atoms with Gasteiger partial charge in [-0.2, -0.15) is 0 Å². The molecule has 3 rings (SSSR count). The number of carbonyl (C=O) groups is 1. The van der Waals surface area contributed by atoms with Crippen LogP contribution in [-0.4, -0.2) is 12.6 Å². The van der Waals surface area contributed by atoms with E-state index >= 15 is 0 Å². The quantitative estimate of drug-likeness (QED) is 0.740. The van der Waals surface area contributed by atoms with E-state index in [4.69, 9.17) is 9.15 Å². The van der Waals surface area contributed by atoms with E-state index in [-0.39, 0.29) is 5.97 Å². The Labute approximate surface area is 132 Å². The standard InChI is InChI=1S/C17H19BrO3/c1-3-20-16(19)17(8-4-5-9-17)15-14(18)12-10-11(2)6-7-13(12)21-15/h6-7,10H,3-5,8-9H2,1-2H3. The molecule has 112 valence electrons. The number of ether oxygens (including phenoxy) is 1. The number of hydrogen-bond donors (Lipinski definition) is 0. The van der Waals surface area contributed by atoms with E-state index in [1.807, 2.05) is 19.1 Å². The molecule has 3 nitrogen and oxygen atoms in total. The zero-order valence-corrected chi connectivity index (χ0v) is 14.0. The fraction of sp³-hybridized carbons (Fsp3) is 0.471. The average Bonchev–Trinajstić information content (AvgIpc) is 3.06. The molecule has 0 saturated heterocycles. The first-order valence-electron chi connectivity index (χ1n) is 7.45. The van der Waals surface area contributed by atoms with Gasteiger partial charge in [0.2, 0.25) is 0 Å². The molecule has 1 fully saturated rings. The number of fused-ring (bicyclic) bond motifs is 1. The van der Waals surface area contributed by atoms with Crippen LogP contribution in [0.1, 0.15) is 43.9 Å². The molecule has 21 heavy (non-hydrogen) atoms. The van der Waals surface area contributed by atoms with Gasteiger partial charge in [-0.25, -0.2) is 0 Å². The SMILES string of the molecule is CCOC(=O)C1(c2oc3ccc(C)cc3c2Br)CCCC1. The first-order chi connectivity index (χ1) is 10.1. The minimum Gasteiger partial charge on any atom is -0.465 e. The van der Waals surface area contributed by atoms with Gasteiger partial charge >= 0.3 is 5.97 Å². The van der Waals surface area contributed by atoms with E-state index in [1.54, 1.807) is 0 Å². The molecule has 1 aliphatic rings. The van der Waals surface area contributed by atoms with Gasteiger partial charge in [-0.15, -0.1) is 0 Å². The van der Waals surface area contributed by atoms with E-state index in [9.17, 15) is 4.79 Å². The number of hydrogen-bond acceptors (Lipinski definition) is 3. The lowest BCUT2D eigenvalue weighted by molar-refractivity contribution is -0.150. The van der Waals surface area contributed by atoms with Crippen LogP contribution in [0.5, 0.6) is 0 Å². The summed E-state index contributed by atoms with van der Waals surface area (Å²) in [6, 6.07) is 6.07. The fourth-order valence-corrected chi connectivity index (χ4v) is 4.03. The summed E-state index contributed by atoms with van der Waals surface area (Å²) in [5.41, 5.74) is 1.37. The lowest BCUT2D eigenvalue weighted by atomic mass is 9.83. The number of aryl methyl sites for hydroxylation is 1. The van der Waals surface area contributed by atoms with Crippen molar-refractivity contribution in [1.82, 2.24) is 0 Å². The van der Waals surface area contributed by atoms with Crippen molar-refractivity contribution in [3.05, 3.63) is 34.0 Å². The predicted molar refractivity (Wildman–Crippen MR) is 85.4 cm³/mol. The van der Waals surface area contributed by atoms with E-state index in [1.165, 1.54) is 5.56 Å². The highest BCUT2D eigenvalue weighted by atomic mass is 79.9. The molecule has 1 aromatic heterocycles. The third-order valence-electron chi connectivity index (χ3n) is 4.34. The monoisotopic (exact) mass is 350 g/mol. The predicted octanol–water partition coefficient (Wildman–Crippen LogP) is 4.88. The minimum atomic E-state index is -0.623. The molecule has 1 heterocycles. The summed E-state index contributed by atoms with van der Waals surface area (Å²) in [4.78, 5) is 12.6. The van der Waals surface area contributed by atoms with Crippen LogP contribution in [-0.2, 0) is 14.9 Å². The molecule has 0 aliphatic heterocycles. The van der Waals surface area contributed by atoms with Crippen LogP contribution in [0, 0.1) is 6.92 Å². The number of carbonyl (C=O) groups excluding carboxylic acids is 1. The lowest BCUT2D eigenvalue weighted by Gasteiger charge is -2.24. The highest BCUT2D eigenvalue weighted by Gasteiger charge is 2.48. The van der Waals surface area contributed by atoms with Crippen LogP contribution in [0.15, 0.2) is 27.1 Å². The smallest absolute Gasteiger partial charge is 0.319 e. The summed E-state index contributed by atoms with van der Waals surface area (Å²) in [7, 11) is 0. The Morgan fingerprint density at radius 3 is 2.76 bits per heavy atom. The maximum Gasteiger partial charge on any atom is 0.319 e. The lowest BCUT2D eigenvalue weighted by Crippen LogP contribution is -2.34. The molecule has 0 radical (unpaired) electrons. The molecule has 0 bridgehead atoms. The van der Waals surface area contributed by atoms with Crippen molar-refractivity contribution in [1.29, 1.82) is 0 Å². The molecule has 2 aromatic rings. The van der Waals surface area contributed by atoms with Gasteiger partial charge in [-0.1, -0.05) is 24.5 Å². The maximum absolute atomic E-state index is 12.6. The van der Waals surface area contributed by atoms with Crippen molar-refractivity contribution in [2.75, 3.05) is 6.61 Å². The van der Waals surface area contributed by atoms with E-state index in [0.717, 1.165) is 46.9 Å². The summed E-state index contributed by atoms with van der Waals surface area (Å²) in [6.45, 7) is 4.30. The van der Waals surface area contributed by atoms with Gasteiger partial charge in [0.25, 0.3) is 0 Å². The van der Waals surface area contributed by atoms with Crippen molar-refractivity contribution in [3.8, 4) is 0 Å². The van der Waals surface area contributed by atoms with E-state index in [2.05, 4.69) is 28.9 Å². The van der Waals surface area contributed by atoms with Crippen LogP contribution in [0.2, 0.25) is 0 Å². The van der Waals surface area contributed by atoms with Gasteiger partial charge in [-0.05, 0) is 54.8 Å². The summed E-state index contributed by atoms with van der Waals surface area (Å²) in [6.07, 6.45) is 3.65. The third-order valence-corrected chi connectivity index (χ3v) is 5.13. The molecular formula is C17H19BrO3. The number of rotatable bonds is 3. The molecular weight excluding hydrogens is 332 g/mol. The van der Waals surface area contributed by atoms with E-state index in [0.29, 0.717) is 6.61 Å². The summed E-state index contributed by atoms with van der Waals surface area (Å²) in [5.74, 6) is 0.582. The Bertz CT molecular complexity index is 681. The normalized spacial score (nSPS) is 17.3. The molecule has 0 amide bonds. The number of halogens is 1. The molecule has 1 saturated carbocycles. The zero-order chi connectivity index (χ0) is 15.0. The first-order valence-corrected chi connectivity index (χ1v) is 8.24. The second kappa shape index (κ2) is 5.48. The van der Waals surface area contributed by atoms with Crippen molar-refractivity contribution in [2.24, 2.45) is 0 Å². The van der Waals surface area contributed by atoms with Crippen LogP contribution < -0.4 is 0 Å². The Hall–Kier alpha value is -1.29. The highest BCUT2D eigenvalue weighted by Crippen LogP contribution is 2.48. The van der Waals surface area contributed by atoms with Crippen molar-refractivity contribution in [2.45, 2.75) is 44.9 Å². The minimum absolute atomic E-state index is 0.154. The van der Waals surface area contributed by atoms with Gasteiger partial charge in [-0.3, -0.25) is 4.79 Å². The second-order valence-electron chi connectivity index (χ2n) is 5.75. The van der Waals surface area contributed by atoms with Crippen molar-refractivity contribution < 1.29 is 13.9 Å². The first kappa shape index (κ1) is 14.6. The molecule has 0 unspecified atom stereocenters. The van der Waals surface area contributed by atoms with Crippen LogP contribution in [0.4, 0.5) is 0 Å². The third kappa shape index (κ3) is 2.30. The van der Waals surface area contributed by atoms with Crippen LogP contribution in [0.3, 0.4) is 0 Å². The Morgan fingerprint density at radius 1 is 1.38 bits per heavy atom. The van der Waals surface area contributed by atoms with Crippen molar-refractivity contribution in [3.63, 3.8) is 0 Å². The van der Waals surface area contributed by atoms with Crippen molar-refractivity contribution >= 4 is 32.9 Å². The molecule has 1 aromatic carbocycles. The topological polar surface area (TPSA) is 39.4 Å². The largest absolute Gasteiger partial charge is 0.465 e. The Balaban J connectivity index is 2.16. The van der Waals surface area contributed by atoms with Crippen LogP contribution >= 0.6 is 15.9 Å². The van der Waals surface area contributed by atoms with Crippen LogP contribution in [0.25, 0.3) is 11.0 Å². The van der Waals surface area contributed by atoms with Gasteiger partial charge in [0, 0.05) is 5.39 Å². The van der Waals surface area contributed by atoms with Gasteiger partial charge < -0.3 is 9.15 Å². The van der Waals surface area contributed by atoms with Gasteiger partial charge in [0.1, 0.15) is 16.8 Å². The Kier molecular flexibility index (Phi) is 3.82. The summed E-state index contributed by atoms with van der Waals surface area (Å²) < 4.78 is 12.3. The molecule has 0 N–H and O–H groups in total. The zero-order valence-electron chi connectivity index (χ0n) is 12.4. The molecule has 0 spiro atoms. The molecule has 4 heteroatoms. The fourth-order valence-electron chi connectivity index (χ4n) is 3.26. The van der Waals surface area contributed by atoms with Gasteiger partial charge in [0.15, 0.2) is 0 Å². The van der Waals surface area contributed by atoms with Gasteiger partial charge in [0.05, 0.1) is 11.1 Å². The number of benzene rings is 1. The number of esters is 1. The maximum atomic E-state index is 12.6. The summed E-state index contributed by atoms with van der Waals surface area (Å²) >= 11 is 3.65. The molecule has 1 aliphatic carbocycles. The number of furan rings is 1. The highest BCUT2D eigenvalue weighted by molar-refractivity contribution is 9.10.